The van der Waals surface area contributed by atoms with E-state index >= 15 is 0 Å². The van der Waals surface area contributed by atoms with E-state index in [9.17, 15) is 13.2 Å². The van der Waals surface area contributed by atoms with E-state index < -0.39 is 10.0 Å². The van der Waals surface area contributed by atoms with Gasteiger partial charge in [0.25, 0.3) is 5.91 Å². The number of piperidine rings is 1. The normalized spacial score (nSPS) is 18.4. The Labute approximate surface area is 174 Å². The van der Waals surface area contributed by atoms with Crippen LogP contribution in [0.4, 0.5) is 5.69 Å². The number of hydrogen-bond acceptors (Lipinski definition) is 3. The molecule has 1 fully saturated rings. The van der Waals surface area contributed by atoms with Gasteiger partial charge < -0.3 is 5.32 Å². The second kappa shape index (κ2) is 8.28. The topological polar surface area (TPSA) is 66.5 Å². The molecule has 0 spiro atoms. The summed E-state index contributed by atoms with van der Waals surface area (Å²) in [5.74, 6) is 0.160. The van der Waals surface area contributed by atoms with Gasteiger partial charge in [0, 0.05) is 24.3 Å². The molecule has 156 valence electrons. The summed E-state index contributed by atoms with van der Waals surface area (Å²) in [7, 11) is -3.49. The van der Waals surface area contributed by atoms with Crippen molar-refractivity contribution in [3.05, 3.63) is 59.7 Å². The summed E-state index contributed by atoms with van der Waals surface area (Å²) in [5, 5.41) is 2.83. The maximum atomic E-state index is 12.8. The molecule has 2 aromatic rings. The molecule has 6 heteroatoms. The van der Waals surface area contributed by atoms with E-state index in [1.807, 2.05) is 24.3 Å². The number of nitrogens with one attached hydrogen (secondary N) is 1. The maximum absolute atomic E-state index is 12.8. The minimum atomic E-state index is -3.49. The molecule has 1 saturated heterocycles. The molecule has 1 amide bonds. The predicted octanol–water partition coefficient (Wildman–Crippen LogP) is 4.66. The van der Waals surface area contributed by atoms with Crippen molar-refractivity contribution in [3.63, 3.8) is 0 Å². The van der Waals surface area contributed by atoms with E-state index in [2.05, 4.69) is 33.0 Å². The van der Waals surface area contributed by atoms with Gasteiger partial charge in [-0.05, 0) is 66.1 Å². The Morgan fingerprint density at radius 3 is 2.21 bits per heavy atom. The van der Waals surface area contributed by atoms with Crippen molar-refractivity contribution < 1.29 is 13.2 Å². The largest absolute Gasteiger partial charge is 0.322 e. The van der Waals surface area contributed by atoms with Crippen LogP contribution < -0.4 is 5.32 Å². The molecule has 1 aliphatic rings. The van der Waals surface area contributed by atoms with Crippen LogP contribution in [0, 0.1) is 5.92 Å². The van der Waals surface area contributed by atoms with Crippen molar-refractivity contribution in [1.82, 2.24) is 4.31 Å². The lowest BCUT2D eigenvalue weighted by molar-refractivity contribution is 0.102. The van der Waals surface area contributed by atoms with Crippen molar-refractivity contribution >= 4 is 21.6 Å². The Morgan fingerprint density at radius 2 is 1.66 bits per heavy atom. The number of benzene rings is 2. The van der Waals surface area contributed by atoms with Crippen LogP contribution in [-0.2, 0) is 15.4 Å². The van der Waals surface area contributed by atoms with E-state index in [4.69, 9.17) is 0 Å². The minimum absolute atomic E-state index is 0.0302. The molecule has 0 saturated carbocycles. The van der Waals surface area contributed by atoms with E-state index in [-0.39, 0.29) is 16.2 Å². The molecule has 0 radical (unpaired) electrons. The van der Waals surface area contributed by atoms with Crippen LogP contribution in [0.2, 0.25) is 0 Å². The molecule has 2 aromatic carbocycles. The molecule has 0 bridgehead atoms. The average molecular weight is 415 g/mol. The number of anilines is 1. The van der Waals surface area contributed by atoms with Crippen LogP contribution in [0.3, 0.4) is 0 Å². The van der Waals surface area contributed by atoms with Crippen LogP contribution in [0.5, 0.6) is 0 Å². The molecule has 5 nitrogen and oxygen atoms in total. The van der Waals surface area contributed by atoms with Gasteiger partial charge in [-0.1, -0.05) is 39.8 Å². The number of amides is 1. The number of carbonyl (C=O) groups excluding carboxylic acids is 1. The van der Waals surface area contributed by atoms with Crippen molar-refractivity contribution in [2.24, 2.45) is 5.92 Å². The first-order chi connectivity index (χ1) is 13.6. The molecule has 0 aliphatic carbocycles. The highest BCUT2D eigenvalue weighted by atomic mass is 32.2. The number of sulfonamides is 1. The Hall–Kier alpha value is -2.18. The Morgan fingerprint density at radius 1 is 1.03 bits per heavy atom. The van der Waals surface area contributed by atoms with Crippen LogP contribution in [0.25, 0.3) is 0 Å². The molecule has 1 heterocycles. The molecule has 29 heavy (non-hydrogen) atoms. The lowest BCUT2D eigenvalue weighted by atomic mass is 9.87. The van der Waals surface area contributed by atoms with Gasteiger partial charge >= 0.3 is 0 Å². The zero-order valence-corrected chi connectivity index (χ0v) is 18.4. The average Bonchev–Trinajstić information content (AvgIpc) is 2.68. The highest BCUT2D eigenvalue weighted by Gasteiger charge is 2.28. The van der Waals surface area contributed by atoms with Gasteiger partial charge in [-0.2, -0.15) is 4.31 Å². The van der Waals surface area contributed by atoms with Gasteiger partial charge in [0.05, 0.1) is 4.90 Å². The SMILES string of the molecule is CC1CCCN(S(=O)(=O)c2ccc(NC(=O)c3ccc(C(C)(C)C)cc3)cc2)C1. The summed E-state index contributed by atoms with van der Waals surface area (Å²) < 4.78 is 27.2. The minimum Gasteiger partial charge on any atom is -0.322 e. The number of hydrogen-bond donors (Lipinski definition) is 1. The third kappa shape index (κ3) is 5.06. The second-order valence-corrected chi connectivity index (χ2v) is 10.9. The summed E-state index contributed by atoms with van der Waals surface area (Å²) in [4.78, 5) is 12.8. The standard InChI is InChI=1S/C23H30N2O3S/c1-17-6-5-15-25(16-17)29(27,28)21-13-11-20(12-14-21)24-22(26)18-7-9-19(10-8-18)23(2,3)4/h7-14,17H,5-6,15-16H2,1-4H3,(H,24,26). The summed E-state index contributed by atoms with van der Waals surface area (Å²) in [6.45, 7) is 9.59. The van der Waals surface area contributed by atoms with Gasteiger partial charge in [-0.25, -0.2) is 8.42 Å². The lowest BCUT2D eigenvalue weighted by Crippen LogP contribution is -2.39. The molecular formula is C23H30N2O3S. The summed E-state index contributed by atoms with van der Waals surface area (Å²) >= 11 is 0. The van der Waals surface area contributed by atoms with Gasteiger partial charge in [0.15, 0.2) is 0 Å². The quantitative estimate of drug-likeness (QED) is 0.791. The number of rotatable bonds is 4. The highest BCUT2D eigenvalue weighted by molar-refractivity contribution is 7.89. The third-order valence-corrected chi connectivity index (χ3v) is 7.26. The lowest BCUT2D eigenvalue weighted by Gasteiger charge is -2.30. The van der Waals surface area contributed by atoms with Crippen LogP contribution >= 0.6 is 0 Å². The molecule has 1 N–H and O–H groups in total. The Bertz CT molecular complexity index is 959. The monoisotopic (exact) mass is 414 g/mol. The predicted molar refractivity (Wildman–Crippen MR) is 117 cm³/mol. The van der Waals surface area contributed by atoms with Crippen LogP contribution in [0.15, 0.2) is 53.4 Å². The van der Waals surface area contributed by atoms with Crippen LogP contribution in [-0.4, -0.2) is 31.7 Å². The summed E-state index contributed by atoms with van der Waals surface area (Å²) in [5.41, 5.74) is 2.33. The summed E-state index contributed by atoms with van der Waals surface area (Å²) in [6, 6.07) is 14.0. The fourth-order valence-electron chi connectivity index (χ4n) is 3.55. The number of carbonyl (C=O) groups is 1. The smallest absolute Gasteiger partial charge is 0.255 e. The first-order valence-electron chi connectivity index (χ1n) is 10.1. The first-order valence-corrected chi connectivity index (χ1v) is 11.5. The molecule has 1 atom stereocenters. The second-order valence-electron chi connectivity index (χ2n) is 8.92. The van der Waals surface area contributed by atoms with E-state index in [0.717, 1.165) is 18.4 Å². The zero-order chi connectivity index (χ0) is 21.2. The fraction of sp³-hybridized carbons (Fsp3) is 0.435. The van der Waals surface area contributed by atoms with Crippen molar-refractivity contribution in [3.8, 4) is 0 Å². The zero-order valence-electron chi connectivity index (χ0n) is 17.6. The van der Waals surface area contributed by atoms with E-state index in [1.165, 1.54) is 0 Å². The van der Waals surface area contributed by atoms with Gasteiger partial charge in [0.2, 0.25) is 10.0 Å². The van der Waals surface area contributed by atoms with Gasteiger partial charge in [-0.3, -0.25) is 4.79 Å². The molecule has 1 unspecified atom stereocenters. The van der Waals surface area contributed by atoms with Gasteiger partial charge in [-0.15, -0.1) is 0 Å². The van der Waals surface area contributed by atoms with E-state index in [1.54, 1.807) is 28.6 Å². The summed E-state index contributed by atoms with van der Waals surface area (Å²) in [6.07, 6.45) is 1.95. The fourth-order valence-corrected chi connectivity index (χ4v) is 5.15. The van der Waals surface area contributed by atoms with Crippen molar-refractivity contribution in [2.45, 2.75) is 50.8 Å². The molecular weight excluding hydrogens is 384 g/mol. The van der Waals surface area contributed by atoms with E-state index in [0.29, 0.717) is 30.3 Å². The van der Waals surface area contributed by atoms with Crippen molar-refractivity contribution in [2.75, 3.05) is 18.4 Å². The third-order valence-electron chi connectivity index (χ3n) is 5.38. The number of nitrogens with zero attached hydrogens (tertiary/aromatic N) is 1. The van der Waals surface area contributed by atoms with Crippen LogP contribution in [0.1, 0.15) is 56.5 Å². The first kappa shape index (κ1) is 21.5. The molecule has 3 rings (SSSR count). The Balaban J connectivity index is 1.69. The molecule has 1 aliphatic heterocycles. The Kier molecular flexibility index (Phi) is 6.15. The van der Waals surface area contributed by atoms with Crippen molar-refractivity contribution in [1.29, 1.82) is 0 Å². The maximum Gasteiger partial charge on any atom is 0.255 e. The highest BCUT2D eigenvalue weighted by Crippen LogP contribution is 2.25. The van der Waals surface area contributed by atoms with Gasteiger partial charge in [0.1, 0.15) is 0 Å². The molecule has 0 aromatic heterocycles.